The van der Waals surface area contributed by atoms with E-state index in [4.69, 9.17) is 7.85 Å². The zero-order valence-corrected chi connectivity index (χ0v) is 37.6. The number of hydrogen-bond donors (Lipinski definition) is 0. The number of fused-ring (bicyclic) bond motifs is 6. The van der Waals surface area contributed by atoms with Gasteiger partial charge in [-0.1, -0.05) is 167 Å². The van der Waals surface area contributed by atoms with E-state index in [9.17, 15) is 0 Å². The Morgan fingerprint density at radius 1 is 0.466 bits per heavy atom. The third-order valence-electron chi connectivity index (χ3n) is 13.1. The van der Waals surface area contributed by atoms with E-state index < -0.39 is 10.8 Å². The molecule has 2 aliphatic carbocycles. The molecule has 0 bridgehead atoms. The largest absolute Gasteiger partial charge is 0.151 e. The number of halogens is 1. The summed E-state index contributed by atoms with van der Waals surface area (Å²) in [5.41, 5.74) is 17.6. The molecular weight excluding hydrogens is 803 g/mol. The lowest BCUT2D eigenvalue weighted by Gasteiger charge is -2.35. The van der Waals surface area contributed by atoms with Gasteiger partial charge in [0.05, 0.1) is 14.6 Å². The Morgan fingerprint density at radius 2 is 0.862 bits per heavy atom. The quantitative estimate of drug-likeness (QED) is 0.0755. The summed E-state index contributed by atoms with van der Waals surface area (Å²) in [7, 11) is 6.86. The lowest BCUT2D eigenvalue weighted by molar-refractivity contribution is 0.666. The number of thiophene rings is 2. The molecule has 0 nitrogen and oxygen atoms in total. The molecule has 2 aromatic heterocycles. The normalized spacial score (nSPS) is 17.6. The van der Waals surface area contributed by atoms with E-state index in [1.54, 1.807) is 11.3 Å². The highest BCUT2D eigenvalue weighted by molar-refractivity contribution is 9.11. The molecule has 4 heteroatoms. The molecule has 2 heterocycles. The van der Waals surface area contributed by atoms with Gasteiger partial charge in [0.25, 0.3) is 0 Å². The molecule has 58 heavy (non-hydrogen) atoms. The van der Waals surface area contributed by atoms with Crippen LogP contribution in [0.1, 0.15) is 132 Å². The minimum atomic E-state index is -0.508. The topological polar surface area (TPSA) is 0 Å². The maximum atomic E-state index is 6.86. The number of aryl methyl sites for hydroxylation is 4. The summed E-state index contributed by atoms with van der Waals surface area (Å²) >= 11 is 7.62. The van der Waals surface area contributed by atoms with E-state index in [0.29, 0.717) is 0 Å². The summed E-state index contributed by atoms with van der Waals surface area (Å²) in [4.78, 5) is 2.64. The zero-order chi connectivity index (χ0) is 40.0. The second kappa shape index (κ2) is 16.2. The average Bonchev–Trinajstić information content (AvgIpc) is 3.95. The van der Waals surface area contributed by atoms with E-state index in [2.05, 4.69) is 165 Å². The van der Waals surface area contributed by atoms with Gasteiger partial charge < -0.3 is 0 Å². The van der Waals surface area contributed by atoms with Crippen LogP contribution in [-0.4, -0.2) is 7.85 Å². The number of benzene rings is 5. The molecule has 7 aromatic rings. The van der Waals surface area contributed by atoms with Crippen LogP contribution in [0.2, 0.25) is 0 Å². The summed E-state index contributed by atoms with van der Waals surface area (Å²) in [5, 5.41) is 0. The van der Waals surface area contributed by atoms with E-state index >= 15 is 0 Å². The first-order valence-corrected chi connectivity index (χ1v) is 23.9. The zero-order valence-electron chi connectivity index (χ0n) is 34.4. The molecule has 0 saturated carbocycles. The van der Waals surface area contributed by atoms with E-state index in [1.165, 1.54) is 143 Å². The fraction of sp³-hybridized carbons (Fsp3) is 0.296. The van der Waals surface area contributed by atoms with Crippen molar-refractivity contribution in [1.82, 2.24) is 0 Å². The van der Waals surface area contributed by atoms with Gasteiger partial charge in [0.1, 0.15) is 7.85 Å². The van der Waals surface area contributed by atoms with Crippen molar-refractivity contribution < 1.29 is 0 Å². The Hall–Kier alpha value is -3.96. The van der Waals surface area contributed by atoms with Crippen LogP contribution in [0.5, 0.6) is 0 Å². The Labute approximate surface area is 364 Å². The summed E-state index contributed by atoms with van der Waals surface area (Å²) in [6.45, 7) is 8.95. The maximum absolute atomic E-state index is 6.86. The van der Waals surface area contributed by atoms with Crippen LogP contribution in [-0.2, 0) is 23.7 Å². The smallest absolute Gasteiger partial charge is 0.128 e. The Kier molecular flexibility index (Phi) is 11.1. The molecule has 0 amide bonds. The molecule has 2 radical (unpaired) electrons. The molecule has 2 atom stereocenters. The summed E-state index contributed by atoms with van der Waals surface area (Å²) in [6, 6.07) is 47.8. The van der Waals surface area contributed by atoms with Gasteiger partial charge in [-0.15, -0.1) is 11.3 Å². The second-order valence-electron chi connectivity index (χ2n) is 16.9. The molecule has 0 N–H and O–H groups in total. The Morgan fingerprint density at radius 3 is 1.29 bits per heavy atom. The predicted molar refractivity (Wildman–Crippen MR) is 255 cm³/mol. The molecule has 2 unspecified atom stereocenters. The molecule has 2 aliphatic rings. The van der Waals surface area contributed by atoms with Crippen molar-refractivity contribution in [3.8, 4) is 20.9 Å². The van der Waals surface area contributed by atoms with Crippen molar-refractivity contribution in [3.63, 3.8) is 0 Å². The van der Waals surface area contributed by atoms with Crippen LogP contribution in [0, 0.1) is 13.8 Å². The second-order valence-corrected chi connectivity index (χ2v) is 20.4. The fourth-order valence-electron chi connectivity index (χ4n) is 10.2. The number of rotatable bonds is 14. The first-order valence-electron chi connectivity index (χ1n) is 21.5. The van der Waals surface area contributed by atoms with Crippen molar-refractivity contribution in [2.75, 3.05) is 0 Å². The van der Waals surface area contributed by atoms with Gasteiger partial charge in [0.2, 0.25) is 0 Å². The van der Waals surface area contributed by atoms with Crippen LogP contribution in [0.15, 0.2) is 125 Å². The molecule has 0 fully saturated rings. The molecule has 290 valence electrons. The van der Waals surface area contributed by atoms with Gasteiger partial charge in [0.15, 0.2) is 0 Å². The van der Waals surface area contributed by atoms with E-state index in [-0.39, 0.29) is 0 Å². The Balaban J connectivity index is 1.29. The monoisotopic (exact) mass is 854 g/mol. The highest BCUT2D eigenvalue weighted by Crippen LogP contribution is 2.64. The van der Waals surface area contributed by atoms with Gasteiger partial charge in [-0.2, -0.15) is 11.3 Å². The van der Waals surface area contributed by atoms with Crippen molar-refractivity contribution in [2.24, 2.45) is 0 Å². The van der Waals surface area contributed by atoms with Crippen LogP contribution in [0.3, 0.4) is 0 Å². The highest BCUT2D eigenvalue weighted by Gasteiger charge is 2.52. The van der Waals surface area contributed by atoms with E-state index in [1.807, 2.05) is 11.3 Å². The summed E-state index contributed by atoms with van der Waals surface area (Å²) in [5.74, 6) is 0. The van der Waals surface area contributed by atoms with Gasteiger partial charge >= 0.3 is 0 Å². The molecule has 0 aliphatic heterocycles. The summed E-state index contributed by atoms with van der Waals surface area (Å²) < 4.78 is 2.03. The number of hydrogen-bond acceptors (Lipinski definition) is 2. The minimum Gasteiger partial charge on any atom is -0.151 e. The van der Waals surface area contributed by atoms with E-state index in [0.717, 1.165) is 17.6 Å². The van der Waals surface area contributed by atoms with Crippen LogP contribution < -0.4 is 4.78 Å². The van der Waals surface area contributed by atoms with Crippen LogP contribution >= 0.6 is 38.6 Å². The first kappa shape index (κ1) is 39.5. The fourth-order valence-corrected chi connectivity index (χ4v) is 12.9. The maximum Gasteiger partial charge on any atom is 0.128 e. The molecule has 0 spiro atoms. The Bertz CT molecular complexity index is 2380. The SMILES string of the molecule is [B]c1cc2c(s1)-c1cc3c(cc1C2(c1ccc(C)cc1)c1ccc(CCCCCC)cc1)-c1sc(Br)cc1C3(c1ccc(C)cc1)c1ccc(CCCCCC)cc1. The average molecular weight is 856 g/mol. The van der Waals surface area contributed by atoms with Gasteiger partial charge in [-0.25, -0.2) is 0 Å². The van der Waals surface area contributed by atoms with Gasteiger partial charge in [0, 0.05) is 9.75 Å². The molecular formula is C54H52BBrS2. The van der Waals surface area contributed by atoms with Crippen molar-refractivity contribution in [2.45, 2.75) is 103 Å². The number of unbranched alkanes of at least 4 members (excludes halogenated alkanes) is 6. The van der Waals surface area contributed by atoms with Gasteiger partial charge in [-0.3, -0.25) is 0 Å². The standard InChI is InChI=1S/C54H52BBrS2/c1-5-7-9-11-13-37-19-27-41(28-20-37)53(39-23-15-35(3)16-24-39)45-32-44-46(31-43(45)51-47(53)33-49(55)57-51)54(40-25-17-36(4)18-26-40,48-34-50(56)58-52(44)48)42-29-21-38(22-30-42)14-12-10-8-6-2/h15-34H,5-14H2,1-4H3. The van der Waals surface area contributed by atoms with Crippen molar-refractivity contribution in [3.05, 3.63) is 192 Å². The van der Waals surface area contributed by atoms with Crippen molar-refractivity contribution in [1.29, 1.82) is 0 Å². The third-order valence-corrected chi connectivity index (χ3v) is 15.8. The third kappa shape index (κ3) is 6.54. The molecule has 5 aromatic carbocycles. The first-order chi connectivity index (χ1) is 28.3. The van der Waals surface area contributed by atoms with Gasteiger partial charge in [-0.05, 0) is 145 Å². The predicted octanol–water partition coefficient (Wildman–Crippen LogP) is 15.0. The molecule has 0 saturated heterocycles. The highest BCUT2D eigenvalue weighted by atomic mass is 79.9. The lowest BCUT2D eigenvalue weighted by atomic mass is 9.65. The molecule has 9 rings (SSSR count). The summed E-state index contributed by atoms with van der Waals surface area (Å²) in [6.07, 6.45) is 12.4. The van der Waals surface area contributed by atoms with Crippen LogP contribution in [0.4, 0.5) is 0 Å². The minimum absolute atomic E-state index is 0.478. The lowest BCUT2D eigenvalue weighted by Crippen LogP contribution is -2.30. The van der Waals surface area contributed by atoms with Crippen LogP contribution in [0.25, 0.3) is 20.9 Å². The van der Waals surface area contributed by atoms with Crippen molar-refractivity contribution >= 4 is 51.2 Å².